The van der Waals surface area contributed by atoms with E-state index in [4.69, 9.17) is 17.3 Å². The van der Waals surface area contributed by atoms with Gasteiger partial charge in [0.05, 0.1) is 0 Å². The standard InChI is InChI=1S/C13H20ClFN2O2S2/c1-3-20-5-4-9(2)17-21(18,19)12-7-11(14)6-10(8-16)13(12)15/h6-7,9,17H,3-5,8,16H2,1-2H3. The van der Waals surface area contributed by atoms with Crippen LogP contribution in [-0.4, -0.2) is 26.0 Å². The van der Waals surface area contributed by atoms with E-state index in [0.717, 1.165) is 17.6 Å². The van der Waals surface area contributed by atoms with E-state index in [9.17, 15) is 12.8 Å². The molecule has 0 spiro atoms. The molecule has 4 nitrogen and oxygen atoms in total. The molecule has 3 N–H and O–H groups in total. The fourth-order valence-electron chi connectivity index (χ4n) is 1.75. The average Bonchev–Trinajstić information content (AvgIpc) is 2.40. The molecule has 0 aromatic heterocycles. The van der Waals surface area contributed by atoms with Crippen molar-refractivity contribution < 1.29 is 12.8 Å². The second-order valence-electron chi connectivity index (χ2n) is 4.59. The van der Waals surface area contributed by atoms with Crippen LogP contribution in [0.5, 0.6) is 0 Å². The van der Waals surface area contributed by atoms with E-state index in [-0.39, 0.29) is 23.2 Å². The number of hydrogen-bond acceptors (Lipinski definition) is 4. The monoisotopic (exact) mass is 354 g/mol. The van der Waals surface area contributed by atoms with Crippen LogP contribution in [0, 0.1) is 5.82 Å². The lowest BCUT2D eigenvalue weighted by Crippen LogP contribution is -2.33. The van der Waals surface area contributed by atoms with Crippen LogP contribution in [0.25, 0.3) is 0 Å². The van der Waals surface area contributed by atoms with Crippen molar-refractivity contribution in [2.24, 2.45) is 5.73 Å². The molecule has 1 aromatic rings. The molecule has 0 saturated heterocycles. The van der Waals surface area contributed by atoms with Crippen LogP contribution in [0.1, 0.15) is 25.8 Å². The number of benzene rings is 1. The summed E-state index contributed by atoms with van der Waals surface area (Å²) in [6, 6.07) is 2.15. The molecule has 120 valence electrons. The fraction of sp³-hybridized carbons (Fsp3) is 0.538. The zero-order valence-electron chi connectivity index (χ0n) is 12.0. The molecule has 0 fully saturated rings. The quantitative estimate of drug-likeness (QED) is 0.704. The summed E-state index contributed by atoms with van der Waals surface area (Å²) in [6.07, 6.45) is 0.670. The molecule has 1 rings (SSSR count). The Labute approximate surface area is 134 Å². The van der Waals surface area contributed by atoms with E-state index in [1.165, 1.54) is 6.07 Å². The molecule has 21 heavy (non-hydrogen) atoms. The fourth-order valence-corrected chi connectivity index (χ4v) is 4.29. The Morgan fingerprint density at radius 1 is 1.48 bits per heavy atom. The van der Waals surface area contributed by atoms with Gasteiger partial charge in [-0.2, -0.15) is 11.8 Å². The van der Waals surface area contributed by atoms with Crippen molar-refractivity contribution in [3.8, 4) is 0 Å². The molecule has 1 unspecified atom stereocenters. The number of thioether (sulfide) groups is 1. The molecule has 0 heterocycles. The molecule has 0 amide bonds. The first kappa shape index (κ1) is 18.7. The molecular formula is C13H20ClFN2O2S2. The molecule has 8 heteroatoms. The highest BCUT2D eigenvalue weighted by molar-refractivity contribution is 7.99. The van der Waals surface area contributed by atoms with E-state index in [0.29, 0.717) is 6.42 Å². The number of hydrogen-bond donors (Lipinski definition) is 2. The third-order valence-electron chi connectivity index (χ3n) is 2.84. The Hall–Kier alpha value is -0.340. The van der Waals surface area contributed by atoms with Crippen molar-refractivity contribution in [1.29, 1.82) is 0 Å². The van der Waals surface area contributed by atoms with E-state index in [1.807, 2.05) is 6.92 Å². The van der Waals surface area contributed by atoms with E-state index in [2.05, 4.69) is 4.72 Å². The Morgan fingerprint density at radius 3 is 2.71 bits per heavy atom. The van der Waals surface area contributed by atoms with Gasteiger partial charge in [-0.1, -0.05) is 18.5 Å². The van der Waals surface area contributed by atoms with E-state index >= 15 is 0 Å². The van der Waals surface area contributed by atoms with Crippen LogP contribution in [0.2, 0.25) is 5.02 Å². The molecule has 0 saturated carbocycles. The highest BCUT2D eigenvalue weighted by atomic mass is 35.5. The SMILES string of the molecule is CCSCCC(C)NS(=O)(=O)c1cc(Cl)cc(CN)c1F. The van der Waals surface area contributed by atoms with Crippen LogP contribution in [0.4, 0.5) is 4.39 Å². The van der Waals surface area contributed by atoms with Crippen molar-refractivity contribution in [3.05, 3.63) is 28.5 Å². The summed E-state index contributed by atoms with van der Waals surface area (Å²) in [7, 11) is -3.96. The van der Waals surface area contributed by atoms with Crippen molar-refractivity contribution in [1.82, 2.24) is 4.72 Å². The normalized spacial score (nSPS) is 13.4. The first-order valence-corrected chi connectivity index (χ1v) is 9.61. The van der Waals surface area contributed by atoms with Crippen LogP contribution in [0.3, 0.4) is 0 Å². The summed E-state index contributed by atoms with van der Waals surface area (Å²) in [5.74, 6) is 0.971. The van der Waals surface area contributed by atoms with Crippen molar-refractivity contribution in [2.75, 3.05) is 11.5 Å². The smallest absolute Gasteiger partial charge is 0.243 e. The first-order valence-electron chi connectivity index (χ1n) is 6.59. The first-order chi connectivity index (χ1) is 9.81. The maximum atomic E-state index is 14.1. The Balaban J connectivity index is 2.95. The van der Waals surface area contributed by atoms with Gasteiger partial charge >= 0.3 is 0 Å². The number of rotatable bonds is 8. The van der Waals surface area contributed by atoms with Crippen LogP contribution < -0.4 is 10.5 Å². The van der Waals surface area contributed by atoms with Gasteiger partial charge < -0.3 is 5.73 Å². The molecule has 1 atom stereocenters. The van der Waals surface area contributed by atoms with Crippen molar-refractivity contribution in [2.45, 2.75) is 37.8 Å². The second kappa shape index (κ2) is 8.33. The largest absolute Gasteiger partial charge is 0.326 e. The van der Waals surface area contributed by atoms with Crippen LogP contribution in [0.15, 0.2) is 17.0 Å². The van der Waals surface area contributed by atoms with Crippen LogP contribution in [-0.2, 0) is 16.6 Å². The zero-order chi connectivity index (χ0) is 16.0. The number of nitrogens with one attached hydrogen (secondary N) is 1. The molecule has 1 aromatic carbocycles. The molecular weight excluding hydrogens is 335 g/mol. The van der Waals surface area contributed by atoms with Crippen molar-refractivity contribution >= 4 is 33.4 Å². The second-order valence-corrected chi connectivity index (χ2v) is 8.10. The van der Waals surface area contributed by atoms with Gasteiger partial charge in [-0.25, -0.2) is 17.5 Å². The lowest BCUT2D eigenvalue weighted by Gasteiger charge is -2.15. The predicted octanol–water partition coefficient (Wildman–Crippen LogP) is 2.75. The lowest BCUT2D eigenvalue weighted by atomic mass is 10.2. The number of nitrogens with two attached hydrogens (primary N) is 1. The molecule has 0 aliphatic carbocycles. The Kier molecular flexibility index (Phi) is 7.42. The number of sulfonamides is 1. The maximum Gasteiger partial charge on any atom is 0.243 e. The highest BCUT2D eigenvalue weighted by Crippen LogP contribution is 2.24. The molecule has 0 bridgehead atoms. The third-order valence-corrected chi connectivity index (χ3v) is 5.58. The van der Waals surface area contributed by atoms with Crippen LogP contribution >= 0.6 is 23.4 Å². The summed E-state index contributed by atoms with van der Waals surface area (Å²) in [4.78, 5) is -0.453. The van der Waals surface area contributed by atoms with Gasteiger partial charge in [0.2, 0.25) is 10.0 Å². The topological polar surface area (TPSA) is 72.2 Å². The van der Waals surface area contributed by atoms with Gasteiger partial charge in [0, 0.05) is 23.2 Å². The molecule has 0 aliphatic rings. The summed E-state index contributed by atoms with van der Waals surface area (Å²) in [5, 5.41) is 0.145. The van der Waals surface area contributed by atoms with Crippen molar-refractivity contribution in [3.63, 3.8) is 0 Å². The van der Waals surface area contributed by atoms with Gasteiger partial charge in [-0.15, -0.1) is 0 Å². The Bertz CT molecular complexity index is 582. The number of halogens is 2. The average molecular weight is 355 g/mol. The predicted molar refractivity (Wildman–Crippen MR) is 86.7 cm³/mol. The minimum absolute atomic E-state index is 0.0806. The lowest BCUT2D eigenvalue weighted by molar-refractivity contribution is 0.536. The molecule has 0 radical (unpaired) electrons. The Morgan fingerprint density at radius 2 is 2.14 bits per heavy atom. The van der Waals surface area contributed by atoms with E-state index < -0.39 is 20.7 Å². The highest BCUT2D eigenvalue weighted by Gasteiger charge is 2.23. The summed E-state index contributed by atoms with van der Waals surface area (Å²) >= 11 is 7.55. The summed E-state index contributed by atoms with van der Waals surface area (Å²) in [6.45, 7) is 3.67. The maximum absolute atomic E-state index is 14.1. The van der Waals surface area contributed by atoms with Gasteiger partial charge in [0.15, 0.2) is 0 Å². The van der Waals surface area contributed by atoms with Gasteiger partial charge in [0.25, 0.3) is 0 Å². The minimum Gasteiger partial charge on any atom is -0.326 e. The third kappa shape index (κ3) is 5.41. The molecule has 0 aliphatic heterocycles. The van der Waals surface area contributed by atoms with Gasteiger partial charge in [0.1, 0.15) is 10.7 Å². The summed E-state index contributed by atoms with van der Waals surface area (Å²) in [5.41, 5.74) is 5.48. The van der Waals surface area contributed by atoms with Gasteiger partial charge in [-0.05, 0) is 37.0 Å². The zero-order valence-corrected chi connectivity index (χ0v) is 14.4. The van der Waals surface area contributed by atoms with E-state index in [1.54, 1.807) is 18.7 Å². The summed E-state index contributed by atoms with van der Waals surface area (Å²) < 4.78 is 41.1. The van der Waals surface area contributed by atoms with Gasteiger partial charge in [-0.3, -0.25) is 0 Å². The minimum atomic E-state index is -3.96.